The van der Waals surface area contributed by atoms with Crippen molar-refractivity contribution in [2.24, 2.45) is 5.73 Å². The summed E-state index contributed by atoms with van der Waals surface area (Å²) in [6.07, 6.45) is 11.5. The van der Waals surface area contributed by atoms with Crippen LogP contribution >= 0.6 is 0 Å². The van der Waals surface area contributed by atoms with Crippen LogP contribution in [-0.4, -0.2) is 49.3 Å². The molecule has 1 aliphatic heterocycles. The summed E-state index contributed by atoms with van der Waals surface area (Å²) in [4.78, 5) is 9.56. The number of nitrogens with one attached hydrogen (secondary N) is 1. The van der Waals surface area contributed by atoms with Crippen molar-refractivity contribution >= 4 is 5.78 Å². The molecule has 6 heteroatoms. The fourth-order valence-electron chi connectivity index (χ4n) is 3.26. The van der Waals surface area contributed by atoms with Crippen molar-refractivity contribution < 1.29 is 19.4 Å². The van der Waals surface area contributed by atoms with E-state index in [4.69, 9.17) is 20.3 Å². The average Bonchev–Trinajstić information content (AvgIpc) is 2.77. The number of rotatable bonds is 11. The number of ketones is 1. The van der Waals surface area contributed by atoms with Crippen molar-refractivity contribution in [2.45, 2.75) is 85.6 Å². The van der Waals surface area contributed by atoms with Crippen LogP contribution in [0, 0.1) is 13.8 Å². The largest absolute Gasteiger partial charge is 0.486 e. The summed E-state index contributed by atoms with van der Waals surface area (Å²) in [5.41, 5.74) is 8.64. The fourth-order valence-corrected chi connectivity index (χ4v) is 3.26. The normalized spacial score (nSPS) is 13.9. The van der Waals surface area contributed by atoms with Gasteiger partial charge >= 0.3 is 0 Å². The SMILES string of the molecule is C/C=C/CCNCCC(C)(N)CCCCC.CC(=O)CO.Cc1cc(C)c2c(c1)OCCO2. The number of allylic oxidation sites excluding steroid dienone is 1. The summed E-state index contributed by atoms with van der Waals surface area (Å²) in [5, 5.41) is 11.2. The highest BCUT2D eigenvalue weighted by Gasteiger charge is 2.16. The Morgan fingerprint density at radius 1 is 1.18 bits per heavy atom. The van der Waals surface area contributed by atoms with Crippen molar-refractivity contribution in [2.75, 3.05) is 32.9 Å². The number of aliphatic hydroxyl groups excluding tert-OH is 1. The number of fused-ring (bicyclic) bond motifs is 1. The quantitative estimate of drug-likeness (QED) is 0.319. The monoisotopic (exact) mass is 464 g/mol. The molecule has 1 aromatic carbocycles. The van der Waals surface area contributed by atoms with Gasteiger partial charge in [-0.15, -0.1) is 0 Å². The van der Waals surface area contributed by atoms with Crippen LogP contribution in [0.5, 0.6) is 11.5 Å². The molecule has 1 unspecified atom stereocenters. The molecule has 190 valence electrons. The molecule has 1 aliphatic rings. The Bertz CT molecular complexity index is 687. The van der Waals surface area contributed by atoms with Crippen LogP contribution < -0.4 is 20.5 Å². The highest BCUT2D eigenvalue weighted by atomic mass is 16.6. The second kappa shape index (κ2) is 18.5. The number of ether oxygens (including phenoxy) is 2. The zero-order valence-electron chi connectivity index (χ0n) is 21.8. The van der Waals surface area contributed by atoms with Gasteiger partial charge in [0.25, 0.3) is 0 Å². The zero-order chi connectivity index (χ0) is 25.1. The van der Waals surface area contributed by atoms with Crippen molar-refractivity contribution in [3.05, 3.63) is 35.4 Å². The zero-order valence-corrected chi connectivity index (χ0v) is 21.8. The van der Waals surface area contributed by atoms with Gasteiger partial charge in [0.2, 0.25) is 0 Å². The Hall–Kier alpha value is -1.89. The number of benzene rings is 1. The van der Waals surface area contributed by atoms with E-state index in [9.17, 15) is 4.79 Å². The molecule has 4 N–H and O–H groups in total. The van der Waals surface area contributed by atoms with Gasteiger partial charge in [0.05, 0.1) is 0 Å². The summed E-state index contributed by atoms with van der Waals surface area (Å²) < 4.78 is 10.9. The molecule has 6 nitrogen and oxygen atoms in total. The molecule has 0 spiro atoms. The summed E-state index contributed by atoms with van der Waals surface area (Å²) in [5.74, 6) is 1.61. The first-order valence-corrected chi connectivity index (χ1v) is 12.2. The van der Waals surface area contributed by atoms with Crippen LogP contribution in [0.2, 0.25) is 0 Å². The van der Waals surface area contributed by atoms with Gasteiger partial charge < -0.3 is 25.6 Å². The molecular formula is C27H48N2O4. The third-order valence-electron chi connectivity index (χ3n) is 5.14. The second-order valence-electron chi connectivity index (χ2n) is 8.93. The summed E-state index contributed by atoms with van der Waals surface area (Å²) in [6.45, 7) is 15.0. The van der Waals surface area contributed by atoms with Gasteiger partial charge in [0, 0.05) is 5.54 Å². The van der Waals surface area contributed by atoms with Gasteiger partial charge in [0.1, 0.15) is 19.8 Å². The first-order chi connectivity index (χ1) is 15.7. The Labute approximate surface area is 201 Å². The standard InChI is InChI=1S/C14H30N2.C10H12O2.C3H6O2/c1-4-6-8-10-14(3,15)11-13-16-12-9-7-5-2;1-7-5-8(2)10-9(6-7)11-3-4-12-10;1-3(5)2-4/h5,7,16H,4,6,8-13,15H2,1-3H3;5-6H,3-4H2,1-2H3;4H,2H2,1H3/b7-5+;;. The number of hydrogen-bond acceptors (Lipinski definition) is 6. The number of aryl methyl sites for hydroxylation is 2. The molecule has 1 heterocycles. The van der Waals surface area contributed by atoms with E-state index in [1.165, 1.54) is 31.7 Å². The van der Waals surface area contributed by atoms with Gasteiger partial charge in [0.15, 0.2) is 17.3 Å². The maximum Gasteiger partial charge on any atom is 0.164 e. The number of hydrogen-bond donors (Lipinski definition) is 3. The predicted molar refractivity (Wildman–Crippen MR) is 138 cm³/mol. The maximum atomic E-state index is 9.56. The molecular weight excluding hydrogens is 416 g/mol. The lowest BCUT2D eigenvalue weighted by Crippen LogP contribution is -2.39. The summed E-state index contributed by atoms with van der Waals surface area (Å²) >= 11 is 0. The van der Waals surface area contributed by atoms with Gasteiger partial charge in [-0.25, -0.2) is 0 Å². The molecule has 0 radical (unpaired) electrons. The second-order valence-corrected chi connectivity index (χ2v) is 8.93. The lowest BCUT2D eigenvalue weighted by Gasteiger charge is -2.24. The van der Waals surface area contributed by atoms with Crippen molar-refractivity contribution in [3.63, 3.8) is 0 Å². The molecule has 1 atom stereocenters. The molecule has 33 heavy (non-hydrogen) atoms. The van der Waals surface area contributed by atoms with Gasteiger partial charge in [-0.05, 0) is 84.2 Å². The Kier molecular flexibility index (Phi) is 17.5. The molecule has 0 aromatic heterocycles. The highest BCUT2D eigenvalue weighted by Crippen LogP contribution is 2.34. The minimum absolute atomic E-state index is 0.0166. The Morgan fingerprint density at radius 3 is 2.45 bits per heavy atom. The number of unbranched alkanes of at least 4 members (excludes halogenated alkanes) is 2. The summed E-state index contributed by atoms with van der Waals surface area (Å²) in [7, 11) is 0. The lowest BCUT2D eigenvalue weighted by atomic mass is 9.92. The molecule has 0 saturated carbocycles. The van der Waals surface area contributed by atoms with E-state index in [-0.39, 0.29) is 17.9 Å². The molecule has 0 aliphatic carbocycles. The van der Waals surface area contributed by atoms with E-state index in [1.807, 2.05) is 13.0 Å². The van der Waals surface area contributed by atoms with Crippen LogP contribution in [-0.2, 0) is 4.79 Å². The van der Waals surface area contributed by atoms with E-state index >= 15 is 0 Å². The average molecular weight is 465 g/mol. The Balaban J connectivity index is 0.000000526. The first-order valence-electron chi connectivity index (χ1n) is 12.2. The third kappa shape index (κ3) is 16.4. The van der Waals surface area contributed by atoms with Crippen LogP contribution in [0.3, 0.4) is 0 Å². The van der Waals surface area contributed by atoms with E-state index < -0.39 is 0 Å². The molecule has 0 bridgehead atoms. The molecule has 0 fully saturated rings. The van der Waals surface area contributed by atoms with Gasteiger partial charge in [-0.3, -0.25) is 4.79 Å². The number of nitrogens with two attached hydrogens (primary N) is 1. The van der Waals surface area contributed by atoms with Crippen molar-refractivity contribution in [1.29, 1.82) is 0 Å². The number of carbonyl (C=O) groups is 1. The molecule has 0 saturated heterocycles. The smallest absolute Gasteiger partial charge is 0.164 e. The minimum atomic E-state index is -0.333. The maximum absolute atomic E-state index is 9.56. The number of Topliss-reactive ketones (excluding diaryl/α,β-unsaturated/α-hetero) is 1. The van der Waals surface area contributed by atoms with Crippen LogP contribution in [0.4, 0.5) is 0 Å². The molecule has 2 rings (SSSR count). The van der Waals surface area contributed by atoms with Crippen molar-refractivity contribution in [1.82, 2.24) is 5.32 Å². The van der Waals surface area contributed by atoms with Crippen LogP contribution in [0.1, 0.15) is 77.3 Å². The van der Waals surface area contributed by atoms with Gasteiger partial charge in [-0.1, -0.05) is 44.4 Å². The topological polar surface area (TPSA) is 93.8 Å². The molecule has 0 amide bonds. The lowest BCUT2D eigenvalue weighted by molar-refractivity contribution is -0.119. The van der Waals surface area contributed by atoms with Crippen LogP contribution in [0.25, 0.3) is 0 Å². The van der Waals surface area contributed by atoms with E-state index in [2.05, 4.69) is 51.2 Å². The Morgan fingerprint density at radius 2 is 1.85 bits per heavy atom. The fraction of sp³-hybridized carbons (Fsp3) is 0.667. The van der Waals surface area contributed by atoms with E-state index in [0.29, 0.717) is 13.2 Å². The van der Waals surface area contributed by atoms with E-state index in [0.717, 1.165) is 49.4 Å². The van der Waals surface area contributed by atoms with Gasteiger partial charge in [-0.2, -0.15) is 0 Å². The van der Waals surface area contributed by atoms with E-state index in [1.54, 1.807) is 0 Å². The first kappa shape index (κ1) is 31.1. The third-order valence-corrected chi connectivity index (χ3v) is 5.14. The minimum Gasteiger partial charge on any atom is -0.486 e. The summed E-state index contributed by atoms with van der Waals surface area (Å²) in [6, 6.07) is 4.12. The number of aliphatic hydroxyl groups is 1. The number of carbonyl (C=O) groups excluding carboxylic acids is 1. The van der Waals surface area contributed by atoms with Crippen LogP contribution in [0.15, 0.2) is 24.3 Å². The van der Waals surface area contributed by atoms with Crippen molar-refractivity contribution in [3.8, 4) is 11.5 Å². The predicted octanol–water partition coefficient (Wildman–Crippen LogP) is 4.87. The molecule has 1 aromatic rings. The highest BCUT2D eigenvalue weighted by molar-refractivity contribution is 5.76.